The fourth-order valence-electron chi connectivity index (χ4n) is 4.26. The van der Waals surface area contributed by atoms with Crippen LogP contribution in [0.3, 0.4) is 0 Å². The minimum atomic E-state index is -0.559. The van der Waals surface area contributed by atoms with E-state index in [1.165, 1.54) is 29.9 Å². The van der Waals surface area contributed by atoms with E-state index in [4.69, 9.17) is 14.2 Å². The summed E-state index contributed by atoms with van der Waals surface area (Å²) in [5, 5.41) is 3.86. The highest BCUT2D eigenvalue weighted by molar-refractivity contribution is 5.92. The molecule has 1 atom stereocenters. The summed E-state index contributed by atoms with van der Waals surface area (Å²) < 4.78 is 17.9. The number of pyridine rings is 1. The van der Waals surface area contributed by atoms with E-state index in [-0.39, 0.29) is 17.4 Å². The van der Waals surface area contributed by atoms with Crippen LogP contribution in [0.4, 0.5) is 4.79 Å². The van der Waals surface area contributed by atoms with Crippen LogP contribution < -0.4 is 25.1 Å². The van der Waals surface area contributed by atoms with Crippen LogP contribution in [0.25, 0.3) is 10.8 Å². The van der Waals surface area contributed by atoms with Crippen molar-refractivity contribution >= 4 is 16.9 Å². The maximum absolute atomic E-state index is 12.8. The lowest BCUT2D eigenvalue weighted by Gasteiger charge is -2.17. The fraction of sp³-hybridized carbons (Fsp3) is 0.333. The number of amides is 1. The first-order valence-electron chi connectivity index (χ1n) is 10.3. The summed E-state index contributed by atoms with van der Waals surface area (Å²) in [5.41, 5.74) is 3.46. The number of fused-ring (bicyclic) bond motifs is 2. The molecule has 2 aromatic carbocycles. The van der Waals surface area contributed by atoms with E-state index in [2.05, 4.69) is 18.3 Å². The van der Waals surface area contributed by atoms with Crippen LogP contribution in [-0.4, -0.2) is 24.9 Å². The summed E-state index contributed by atoms with van der Waals surface area (Å²) in [6, 6.07) is 9.31. The second-order valence-electron chi connectivity index (χ2n) is 7.61. The lowest BCUT2D eigenvalue weighted by atomic mass is 10.0. The van der Waals surface area contributed by atoms with Gasteiger partial charge in [0.15, 0.2) is 17.2 Å². The number of ether oxygens (including phenoxy) is 3. The summed E-state index contributed by atoms with van der Waals surface area (Å²) >= 11 is 0. The molecule has 162 valence electrons. The maximum Gasteiger partial charge on any atom is 0.413 e. The third kappa shape index (κ3) is 3.71. The highest BCUT2D eigenvalue weighted by atomic mass is 16.6. The number of nitrogens with one attached hydrogen (secondary N) is 1. The van der Waals surface area contributed by atoms with E-state index in [9.17, 15) is 9.59 Å². The van der Waals surface area contributed by atoms with Crippen molar-refractivity contribution in [3.63, 3.8) is 0 Å². The zero-order valence-electron chi connectivity index (χ0n) is 18.2. The summed E-state index contributed by atoms with van der Waals surface area (Å²) in [5.74, 6) is 1.18. The quantitative estimate of drug-likeness (QED) is 0.669. The van der Waals surface area contributed by atoms with Gasteiger partial charge < -0.3 is 24.1 Å². The number of methoxy groups -OCH3 is 2. The molecule has 0 spiro atoms. The van der Waals surface area contributed by atoms with Crippen molar-refractivity contribution in [2.24, 2.45) is 0 Å². The first-order chi connectivity index (χ1) is 15.0. The zero-order valence-corrected chi connectivity index (χ0v) is 18.2. The predicted molar refractivity (Wildman–Crippen MR) is 118 cm³/mol. The standard InChI is InChI=1S/C24H26N2O5/c1-5-26-13-22(17-11-20(29-3)21(30-4)12-18(17)23(26)27)31-24(28)25-19-10-9-15-14(2)7-6-8-16(15)19/h6-8,11-13,19H,5,9-10H2,1-4H3,(H,25,28). The van der Waals surface area contributed by atoms with Crippen LogP contribution in [0.5, 0.6) is 17.2 Å². The second kappa shape index (κ2) is 8.34. The van der Waals surface area contributed by atoms with Crippen molar-refractivity contribution in [2.45, 2.75) is 39.3 Å². The van der Waals surface area contributed by atoms with Crippen molar-refractivity contribution < 1.29 is 19.0 Å². The van der Waals surface area contributed by atoms with Gasteiger partial charge in [0.2, 0.25) is 0 Å². The molecular formula is C24H26N2O5. The smallest absolute Gasteiger partial charge is 0.413 e. The fourth-order valence-corrected chi connectivity index (χ4v) is 4.26. The molecule has 1 aliphatic rings. The van der Waals surface area contributed by atoms with Crippen molar-refractivity contribution in [3.05, 3.63) is 63.6 Å². The Hall–Kier alpha value is -3.48. The number of benzene rings is 2. The van der Waals surface area contributed by atoms with E-state index < -0.39 is 6.09 Å². The number of rotatable bonds is 5. The van der Waals surface area contributed by atoms with Crippen LogP contribution in [-0.2, 0) is 13.0 Å². The number of hydrogen-bond acceptors (Lipinski definition) is 5. The molecule has 1 heterocycles. The van der Waals surface area contributed by atoms with Gasteiger partial charge in [-0.25, -0.2) is 4.79 Å². The summed E-state index contributed by atoms with van der Waals surface area (Å²) in [6.45, 7) is 4.38. The number of hydrogen-bond donors (Lipinski definition) is 1. The van der Waals surface area contributed by atoms with Crippen molar-refractivity contribution in [1.82, 2.24) is 9.88 Å². The highest BCUT2D eigenvalue weighted by Gasteiger charge is 2.26. The molecule has 1 amide bonds. The van der Waals surface area contributed by atoms with Crippen LogP contribution in [0.2, 0.25) is 0 Å². The molecule has 0 bridgehead atoms. The molecular weight excluding hydrogens is 396 g/mol. The number of carbonyl (C=O) groups is 1. The number of aryl methyl sites for hydroxylation is 2. The van der Waals surface area contributed by atoms with Gasteiger partial charge in [-0.2, -0.15) is 0 Å². The van der Waals surface area contributed by atoms with Gasteiger partial charge in [-0.3, -0.25) is 4.79 Å². The SMILES string of the molecule is CCn1cc(OC(=O)NC2CCc3c(C)cccc32)c2cc(OC)c(OC)cc2c1=O. The van der Waals surface area contributed by atoms with Gasteiger partial charge in [0, 0.05) is 11.9 Å². The Kier molecular flexibility index (Phi) is 5.59. The van der Waals surface area contributed by atoms with Gasteiger partial charge in [0.05, 0.1) is 31.8 Å². The summed E-state index contributed by atoms with van der Waals surface area (Å²) in [6.07, 6.45) is 2.75. The van der Waals surface area contributed by atoms with E-state index >= 15 is 0 Å². The van der Waals surface area contributed by atoms with Crippen molar-refractivity contribution in [3.8, 4) is 17.2 Å². The Balaban J connectivity index is 1.68. The molecule has 0 saturated carbocycles. The van der Waals surface area contributed by atoms with Crippen LogP contribution in [0, 0.1) is 6.92 Å². The third-order valence-electron chi connectivity index (χ3n) is 5.89. The second-order valence-corrected chi connectivity index (χ2v) is 7.61. The minimum Gasteiger partial charge on any atom is -0.493 e. The molecule has 7 nitrogen and oxygen atoms in total. The Bertz CT molecular complexity index is 1210. The Morgan fingerprint density at radius 3 is 2.52 bits per heavy atom. The van der Waals surface area contributed by atoms with E-state index in [1.807, 2.05) is 19.1 Å². The van der Waals surface area contributed by atoms with Crippen molar-refractivity contribution in [1.29, 1.82) is 0 Å². The number of carbonyl (C=O) groups excluding carboxylic acids is 1. The molecule has 3 aromatic rings. The normalized spacial score (nSPS) is 14.9. The molecule has 31 heavy (non-hydrogen) atoms. The van der Waals surface area contributed by atoms with Crippen LogP contribution in [0.1, 0.15) is 36.1 Å². The van der Waals surface area contributed by atoms with Crippen molar-refractivity contribution in [2.75, 3.05) is 14.2 Å². The minimum absolute atomic E-state index is 0.0969. The topological polar surface area (TPSA) is 78.8 Å². The van der Waals surface area contributed by atoms with Gasteiger partial charge in [-0.05, 0) is 55.5 Å². The Morgan fingerprint density at radius 1 is 1.13 bits per heavy atom. The summed E-state index contributed by atoms with van der Waals surface area (Å²) in [7, 11) is 3.03. The lowest BCUT2D eigenvalue weighted by molar-refractivity contribution is 0.196. The van der Waals surface area contributed by atoms with Gasteiger partial charge in [0.25, 0.3) is 5.56 Å². The third-order valence-corrected chi connectivity index (χ3v) is 5.89. The first-order valence-corrected chi connectivity index (χ1v) is 10.3. The monoisotopic (exact) mass is 422 g/mol. The van der Waals surface area contributed by atoms with Gasteiger partial charge in [-0.15, -0.1) is 0 Å². The first kappa shape index (κ1) is 20.8. The molecule has 1 unspecified atom stereocenters. The van der Waals surface area contributed by atoms with Crippen LogP contribution >= 0.6 is 0 Å². The van der Waals surface area contributed by atoms with E-state index in [0.717, 1.165) is 18.4 Å². The average Bonchev–Trinajstić information content (AvgIpc) is 3.18. The number of aromatic nitrogens is 1. The molecule has 0 saturated heterocycles. The van der Waals surface area contributed by atoms with Gasteiger partial charge in [0.1, 0.15) is 0 Å². The largest absolute Gasteiger partial charge is 0.493 e. The molecule has 0 aliphatic heterocycles. The summed E-state index contributed by atoms with van der Waals surface area (Å²) in [4.78, 5) is 25.6. The average molecular weight is 422 g/mol. The molecule has 4 rings (SSSR count). The highest BCUT2D eigenvalue weighted by Crippen LogP contribution is 2.36. The lowest BCUT2D eigenvalue weighted by Crippen LogP contribution is -2.30. The molecule has 7 heteroatoms. The van der Waals surface area contributed by atoms with Crippen LogP contribution in [0.15, 0.2) is 41.3 Å². The zero-order chi connectivity index (χ0) is 22.1. The van der Waals surface area contributed by atoms with Gasteiger partial charge >= 0.3 is 6.09 Å². The van der Waals surface area contributed by atoms with E-state index in [0.29, 0.717) is 28.8 Å². The number of nitrogens with zero attached hydrogens (tertiary/aromatic N) is 1. The Labute approximate surface area is 180 Å². The maximum atomic E-state index is 12.8. The molecule has 0 fully saturated rings. The van der Waals surface area contributed by atoms with E-state index in [1.54, 1.807) is 18.3 Å². The predicted octanol–water partition coefficient (Wildman–Crippen LogP) is 4.12. The Morgan fingerprint density at radius 2 is 1.84 bits per heavy atom. The molecule has 1 aromatic heterocycles. The molecule has 1 aliphatic carbocycles. The molecule has 0 radical (unpaired) electrons. The van der Waals surface area contributed by atoms with Gasteiger partial charge in [-0.1, -0.05) is 18.2 Å². The molecule has 1 N–H and O–H groups in total.